The van der Waals surface area contributed by atoms with Crippen LogP contribution >= 0.6 is 0 Å². The quantitative estimate of drug-likeness (QED) is 0.815. The number of benzene rings is 1. The minimum absolute atomic E-state index is 0.0135. The lowest BCUT2D eigenvalue weighted by Crippen LogP contribution is -2.57. The molecule has 0 N–H and O–H groups in total. The third-order valence-electron chi connectivity index (χ3n) is 6.50. The Hall–Kier alpha value is -2.27. The number of nitrogens with zero attached hydrogens (tertiary/aromatic N) is 4. The van der Waals surface area contributed by atoms with Crippen molar-refractivity contribution in [1.29, 1.82) is 0 Å². The van der Waals surface area contributed by atoms with Gasteiger partial charge >= 0.3 is 0 Å². The number of rotatable bonds is 2. The standard InChI is InChI=1S/C22H28N4O/c1-22-15-19(17-9-5-3-6-10-17)25(2)20(22)11-7-4-8-14-26(22)21(27)18-16-23-12-13-24-18/h3,5-6,9-10,12-13,16,19-20H,4,7-8,11,14-15H2,1-2H3/t19-,20-,22-/m0/s1. The van der Waals surface area contributed by atoms with Gasteiger partial charge in [-0.25, -0.2) is 4.98 Å². The predicted octanol–water partition coefficient (Wildman–Crippen LogP) is 3.70. The number of fused-ring (bicyclic) bond motifs is 1. The number of hydrogen-bond acceptors (Lipinski definition) is 4. The summed E-state index contributed by atoms with van der Waals surface area (Å²) in [5.41, 5.74) is 1.58. The van der Waals surface area contributed by atoms with Gasteiger partial charge in [0.15, 0.2) is 0 Å². The van der Waals surface area contributed by atoms with E-state index < -0.39 is 0 Å². The summed E-state index contributed by atoms with van der Waals surface area (Å²) in [6.45, 7) is 3.06. The number of carbonyl (C=O) groups excluding carboxylic acids is 1. The molecule has 2 saturated heterocycles. The lowest BCUT2D eigenvalue weighted by Gasteiger charge is -2.45. The molecule has 1 aromatic carbocycles. The van der Waals surface area contributed by atoms with E-state index in [4.69, 9.17) is 0 Å². The van der Waals surface area contributed by atoms with E-state index in [9.17, 15) is 4.79 Å². The molecule has 5 heteroatoms. The molecular formula is C22H28N4O. The topological polar surface area (TPSA) is 49.3 Å². The van der Waals surface area contributed by atoms with Crippen LogP contribution in [0.25, 0.3) is 0 Å². The molecule has 1 amide bonds. The van der Waals surface area contributed by atoms with Gasteiger partial charge in [-0.15, -0.1) is 0 Å². The summed E-state index contributed by atoms with van der Waals surface area (Å²) in [5, 5.41) is 0. The highest BCUT2D eigenvalue weighted by atomic mass is 16.2. The van der Waals surface area contributed by atoms with Crippen LogP contribution in [0.1, 0.15) is 61.1 Å². The zero-order chi connectivity index (χ0) is 18.9. The molecule has 0 unspecified atom stereocenters. The van der Waals surface area contributed by atoms with Gasteiger partial charge in [-0.05, 0) is 38.8 Å². The number of amides is 1. The molecule has 0 aliphatic carbocycles. The largest absolute Gasteiger partial charge is 0.330 e. The molecule has 27 heavy (non-hydrogen) atoms. The molecule has 0 radical (unpaired) electrons. The zero-order valence-corrected chi connectivity index (χ0v) is 16.2. The average molecular weight is 364 g/mol. The maximum atomic E-state index is 13.4. The van der Waals surface area contributed by atoms with Crippen molar-refractivity contribution in [3.8, 4) is 0 Å². The molecule has 2 fully saturated rings. The van der Waals surface area contributed by atoms with Crippen LogP contribution in [-0.2, 0) is 0 Å². The van der Waals surface area contributed by atoms with Crippen LogP contribution in [0.5, 0.6) is 0 Å². The van der Waals surface area contributed by atoms with E-state index in [2.05, 4.69) is 64.1 Å². The Morgan fingerprint density at radius 1 is 1.15 bits per heavy atom. The third kappa shape index (κ3) is 3.25. The van der Waals surface area contributed by atoms with Gasteiger partial charge < -0.3 is 4.90 Å². The van der Waals surface area contributed by atoms with Crippen molar-refractivity contribution in [1.82, 2.24) is 19.8 Å². The molecule has 0 spiro atoms. The molecule has 4 rings (SSSR count). The highest BCUT2D eigenvalue weighted by Crippen LogP contribution is 2.47. The molecular weight excluding hydrogens is 336 g/mol. The number of likely N-dealkylation sites (N-methyl/N-ethyl adjacent to an activating group) is 1. The molecule has 0 bridgehead atoms. The first kappa shape index (κ1) is 18.1. The van der Waals surface area contributed by atoms with Crippen LogP contribution in [0.4, 0.5) is 0 Å². The number of aromatic nitrogens is 2. The third-order valence-corrected chi connectivity index (χ3v) is 6.50. The lowest BCUT2D eigenvalue weighted by atomic mass is 9.83. The summed E-state index contributed by atoms with van der Waals surface area (Å²) in [6.07, 6.45) is 10.3. The van der Waals surface area contributed by atoms with E-state index in [1.165, 1.54) is 18.4 Å². The summed E-state index contributed by atoms with van der Waals surface area (Å²) in [4.78, 5) is 26.4. The van der Waals surface area contributed by atoms with Crippen molar-refractivity contribution < 1.29 is 4.79 Å². The Bertz CT molecular complexity index is 781. The summed E-state index contributed by atoms with van der Waals surface area (Å²) >= 11 is 0. The molecule has 3 atom stereocenters. The van der Waals surface area contributed by atoms with E-state index in [1.54, 1.807) is 18.6 Å². The van der Waals surface area contributed by atoms with Crippen molar-refractivity contribution in [2.24, 2.45) is 0 Å². The van der Waals surface area contributed by atoms with Crippen molar-refractivity contribution >= 4 is 5.91 Å². The summed E-state index contributed by atoms with van der Waals surface area (Å²) < 4.78 is 0. The van der Waals surface area contributed by atoms with Crippen LogP contribution in [0.15, 0.2) is 48.9 Å². The SMILES string of the molecule is CN1[C@H]2CCCCCN(C(=O)c3cnccn3)[C@@]2(C)C[C@H]1c1ccccc1. The van der Waals surface area contributed by atoms with Gasteiger partial charge in [-0.1, -0.05) is 43.2 Å². The van der Waals surface area contributed by atoms with E-state index in [-0.39, 0.29) is 11.4 Å². The minimum atomic E-state index is -0.204. The molecule has 5 nitrogen and oxygen atoms in total. The number of likely N-dealkylation sites (tertiary alicyclic amines) is 2. The fourth-order valence-electron chi connectivity index (χ4n) is 5.08. The van der Waals surface area contributed by atoms with Crippen molar-refractivity contribution in [2.75, 3.05) is 13.6 Å². The summed E-state index contributed by atoms with van der Waals surface area (Å²) in [7, 11) is 2.22. The summed E-state index contributed by atoms with van der Waals surface area (Å²) in [6, 6.07) is 11.4. The maximum Gasteiger partial charge on any atom is 0.274 e. The Labute approximate surface area is 161 Å². The maximum absolute atomic E-state index is 13.4. The second kappa shape index (κ2) is 7.39. The fraction of sp³-hybridized carbons (Fsp3) is 0.500. The van der Waals surface area contributed by atoms with Gasteiger partial charge in [0, 0.05) is 31.0 Å². The highest BCUT2D eigenvalue weighted by molar-refractivity contribution is 5.92. The normalized spacial score (nSPS) is 29.0. The van der Waals surface area contributed by atoms with Gasteiger partial charge in [-0.3, -0.25) is 14.7 Å². The van der Waals surface area contributed by atoms with E-state index in [0.29, 0.717) is 17.8 Å². The first-order valence-corrected chi connectivity index (χ1v) is 9.96. The predicted molar refractivity (Wildman–Crippen MR) is 105 cm³/mol. The second-order valence-electron chi connectivity index (χ2n) is 8.07. The lowest BCUT2D eigenvalue weighted by molar-refractivity contribution is 0.0336. The van der Waals surface area contributed by atoms with Gasteiger partial charge in [0.25, 0.3) is 5.91 Å². The summed E-state index contributed by atoms with van der Waals surface area (Å²) in [5.74, 6) is 0.0135. The first-order chi connectivity index (χ1) is 13.1. The smallest absolute Gasteiger partial charge is 0.274 e. The van der Waals surface area contributed by atoms with Crippen LogP contribution in [0, 0.1) is 0 Å². The van der Waals surface area contributed by atoms with Crippen molar-refractivity contribution in [3.05, 3.63) is 60.2 Å². The molecule has 0 saturated carbocycles. The van der Waals surface area contributed by atoms with Gasteiger partial charge in [0.1, 0.15) is 5.69 Å². The van der Waals surface area contributed by atoms with Crippen molar-refractivity contribution in [3.63, 3.8) is 0 Å². The number of carbonyl (C=O) groups is 1. The molecule has 2 aromatic rings. The van der Waals surface area contributed by atoms with Crippen molar-refractivity contribution in [2.45, 2.75) is 56.7 Å². The monoisotopic (exact) mass is 364 g/mol. The van der Waals surface area contributed by atoms with Crippen LogP contribution in [0.2, 0.25) is 0 Å². The van der Waals surface area contributed by atoms with Crippen LogP contribution in [-0.4, -0.2) is 50.8 Å². The van der Waals surface area contributed by atoms with Gasteiger partial charge in [0.05, 0.1) is 11.7 Å². The molecule has 142 valence electrons. The van der Waals surface area contributed by atoms with Crippen LogP contribution in [0.3, 0.4) is 0 Å². The fourth-order valence-corrected chi connectivity index (χ4v) is 5.08. The highest BCUT2D eigenvalue weighted by Gasteiger charge is 2.52. The minimum Gasteiger partial charge on any atom is -0.330 e. The van der Waals surface area contributed by atoms with E-state index in [0.717, 1.165) is 25.8 Å². The average Bonchev–Trinajstić information content (AvgIpc) is 2.94. The zero-order valence-electron chi connectivity index (χ0n) is 16.2. The number of hydrogen-bond donors (Lipinski definition) is 0. The van der Waals surface area contributed by atoms with E-state index >= 15 is 0 Å². The molecule has 2 aliphatic heterocycles. The van der Waals surface area contributed by atoms with E-state index in [1.807, 2.05) is 0 Å². The Morgan fingerprint density at radius 3 is 2.70 bits per heavy atom. The first-order valence-electron chi connectivity index (χ1n) is 9.96. The second-order valence-corrected chi connectivity index (χ2v) is 8.07. The molecule has 3 heterocycles. The molecule has 1 aromatic heterocycles. The van der Waals surface area contributed by atoms with Gasteiger partial charge in [-0.2, -0.15) is 0 Å². The van der Waals surface area contributed by atoms with Gasteiger partial charge in [0.2, 0.25) is 0 Å². The molecule has 2 aliphatic rings. The Morgan fingerprint density at radius 2 is 1.96 bits per heavy atom. The van der Waals surface area contributed by atoms with Crippen LogP contribution < -0.4 is 0 Å². The Balaban J connectivity index is 1.71. The Kier molecular flexibility index (Phi) is 4.96.